The molecule has 0 saturated carbocycles. The van der Waals surface area contributed by atoms with Crippen LogP contribution in [0.25, 0.3) is 0 Å². The Kier molecular flexibility index (Phi) is 9.15. The molecule has 0 bridgehead atoms. The van der Waals surface area contributed by atoms with Gasteiger partial charge in [0.25, 0.3) is 5.91 Å². The van der Waals surface area contributed by atoms with Crippen LogP contribution < -0.4 is 10.2 Å². The molecule has 0 unspecified atom stereocenters. The minimum atomic E-state index is -0.690. The number of nitrogens with one attached hydrogen (secondary N) is 1. The summed E-state index contributed by atoms with van der Waals surface area (Å²) in [4.78, 5) is 44.5. The first kappa shape index (κ1) is 25.1. The van der Waals surface area contributed by atoms with Crippen LogP contribution in [0.1, 0.15) is 71.6 Å². The summed E-state index contributed by atoms with van der Waals surface area (Å²) in [7, 11) is 0. The van der Waals surface area contributed by atoms with Gasteiger partial charge in [-0.05, 0) is 37.8 Å². The van der Waals surface area contributed by atoms with Gasteiger partial charge in [0.2, 0.25) is 11.8 Å². The van der Waals surface area contributed by atoms with Gasteiger partial charge in [-0.15, -0.1) is 0 Å². The van der Waals surface area contributed by atoms with Crippen LogP contribution in [0, 0.1) is 0 Å². The molecule has 0 radical (unpaired) electrons. The lowest BCUT2D eigenvalue weighted by Gasteiger charge is -2.43. The van der Waals surface area contributed by atoms with E-state index in [0.717, 1.165) is 37.8 Å². The lowest BCUT2D eigenvalue weighted by Crippen LogP contribution is -2.57. The molecular formula is C26H40N4O3. The van der Waals surface area contributed by atoms with E-state index >= 15 is 0 Å². The molecule has 0 aliphatic carbocycles. The van der Waals surface area contributed by atoms with Crippen molar-refractivity contribution in [2.45, 2.75) is 77.2 Å². The first-order chi connectivity index (χ1) is 16.0. The van der Waals surface area contributed by atoms with Crippen LogP contribution in [-0.2, 0) is 14.4 Å². The quantitative estimate of drug-likeness (QED) is 0.517. The van der Waals surface area contributed by atoms with Crippen LogP contribution in [0.3, 0.4) is 0 Å². The zero-order valence-corrected chi connectivity index (χ0v) is 20.4. The minimum Gasteiger partial charge on any atom is -0.355 e. The van der Waals surface area contributed by atoms with Crippen LogP contribution in [0.5, 0.6) is 0 Å². The monoisotopic (exact) mass is 456 g/mol. The number of rotatable bonds is 11. The van der Waals surface area contributed by atoms with Gasteiger partial charge in [0.15, 0.2) is 0 Å². The molecule has 0 aromatic heterocycles. The summed E-state index contributed by atoms with van der Waals surface area (Å²) >= 11 is 0. The summed E-state index contributed by atoms with van der Waals surface area (Å²) in [5, 5.41) is 2.92. The second kappa shape index (κ2) is 12.1. The molecule has 2 aliphatic rings. The summed E-state index contributed by atoms with van der Waals surface area (Å²) in [6.07, 6.45) is 8.07. The molecule has 0 atom stereocenters. The fourth-order valence-corrected chi connectivity index (χ4v) is 4.94. The van der Waals surface area contributed by atoms with E-state index < -0.39 is 5.54 Å². The van der Waals surface area contributed by atoms with Crippen LogP contribution in [0.4, 0.5) is 5.69 Å². The molecule has 1 aromatic rings. The van der Waals surface area contributed by atoms with Crippen molar-refractivity contribution in [1.29, 1.82) is 0 Å². The molecule has 1 N–H and O–H groups in total. The summed E-state index contributed by atoms with van der Waals surface area (Å²) in [5.74, 6) is 0.0958. The molecule has 1 aromatic carbocycles. The molecule has 182 valence electrons. The van der Waals surface area contributed by atoms with E-state index in [1.807, 2.05) is 35.2 Å². The van der Waals surface area contributed by atoms with Crippen LogP contribution in [0.15, 0.2) is 30.3 Å². The lowest BCUT2D eigenvalue weighted by molar-refractivity contribution is -0.140. The number of hydrogen-bond donors (Lipinski definition) is 1. The zero-order valence-electron chi connectivity index (χ0n) is 20.4. The third-order valence-corrected chi connectivity index (χ3v) is 6.96. The van der Waals surface area contributed by atoms with Crippen molar-refractivity contribution in [1.82, 2.24) is 15.1 Å². The van der Waals surface area contributed by atoms with E-state index in [-0.39, 0.29) is 24.3 Å². The molecule has 2 fully saturated rings. The van der Waals surface area contributed by atoms with Crippen LogP contribution in [-0.4, -0.2) is 65.9 Å². The standard InChI is InChI=1S/C26H40N4O3/c1-3-5-7-11-14-24(32)28-18-15-26(16-19-28)25(33)29(20-23(31)27-17-6-4-2)21-30(26)22-12-9-8-10-13-22/h8-10,12-13H,3-7,11,14-21H2,1-2H3,(H,27,31). The van der Waals surface area contributed by atoms with Gasteiger partial charge in [0.05, 0.1) is 6.67 Å². The predicted molar refractivity (Wildman–Crippen MR) is 131 cm³/mol. The molecule has 3 rings (SSSR count). The van der Waals surface area contributed by atoms with E-state index in [0.29, 0.717) is 45.6 Å². The van der Waals surface area contributed by atoms with E-state index in [1.165, 1.54) is 6.42 Å². The van der Waals surface area contributed by atoms with Crippen molar-refractivity contribution in [3.8, 4) is 0 Å². The molecule has 3 amide bonds. The van der Waals surface area contributed by atoms with Crippen molar-refractivity contribution in [3.05, 3.63) is 30.3 Å². The summed E-state index contributed by atoms with van der Waals surface area (Å²) in [6.45, 7) is 6.53. The van der Waals surface area contributed by atoms with Gasteiger partial charge in [0, 0.05) is 31.7 Å². The summed E-state index contributed by atoms with van der Waals surface area (Å²) in [6, 6.07) is 9.95. The van der Waals surface area contributed by atoms with E-state index in [1.54, 1.807) is 4.90 Å². The first-order valence-electron chi connectivity index (χ1n) is 12.7. The first-order valence-corrected chi connectivity index (χ1v) is 12.7. The van der Waals surface area contributed by atoms with Crippen LogP contribution in [0.2, 0.25) is 0 Å². The number of nitrogens with zero attached hydrogens (tertiary/aromatic N) is 3. The van der Waals surface area contributed by atoms with Crippen molar-refractivity contribution in [2.24, 2.45) is 0 Å². The van der Waals surface area contributed by atoms with Crippen molar-refractivity contribution < 1.29 is 14.4 Å². The van der Waals surface area contributed by atoms with Gasteiger partial charge in [0.1, 0.15) is 12.1 Å². The number of carbonyl (C=O) groups excluding carboxylic acids is 3. The predicted octanol–water partition coefficient (Wildman–Crippen LogP) is 3.54. The third kappa shape index (κ3) is 6.06. The Labute approximate surface area is 198 Å². The number of benzene rings is 1. The molecule has 2 saturated heterocycles. The number of hydrogen-bond acceptors (Lipinski definition) is 4. The maximum Gasteiger partial charge on any atom is 0.250 e. The Morgan fingerprint density at radius 2 is 1.67 bits per heavy atom. The van der Waals surface area contributed by atoms with Crippen molar-refractivity contribution in [3.63, 3.8) is 0 Å². The van der Waals surface area contributed by atoms with E-state index in [2.05, 4.69) is 24.1 Å². The second-order valence-electron chi connectivity index (χ2n) is 9.33. The summed E-state index contributed by atoms with van der Waals surface area (Å²) in [5.41, 5.74) is 0.295. The van der Waals surface area contributed by atoms with Gasteiger partial charge >= 0.3 is 0 Å². The normalized spacial score (nSPS) is 17.6. The number of anilines is 1. The molecule has 2 heterocycles. The highest BCUT2D eigenvalue weighted by Gasteiger charge is 2.54. The van der Waals surface area contributed by atoms with E-state index in [9.17, 15) is 14.4 Å². The SMILES string of the molecule is CCCCCCC(=O)N1CCC2(CC1)C(=O)N(CC(=O)NCCCC)CN2c1ccccc1. The maximum atomic E-state index is 13.7. The van der Waals surface area contributed by atoms with Crippen LogP contribution >= 0.6 is 0 Å². The van der Waals surface area contributed by atoms with Gasteiger partial charge in [-0.3, -0.25) is 14.4 Å². The maximum absolute atomic E-state index is 13.7. The Hall–Kier alpha value is -2.57. The average molecular weight is 457 g/mol. The third-order valence-electron chi connectivity index (χ3n) is 6.96. The second-order valence-corrected chi connectivity index (χ2v) is 9.33. The Morgan fingerprint density at radius 3 is 2.33 bits per heavy atom. The smallest absolute Gasteiger partial charge is 0.250 e. The Balaban J connectivity index is 1.68. The van der Waals surface area contributed by atoms with Gasteiger partial charge in [-0.1, -0.05) is 57.7 Å². The molecule has 7 heteroatoms. The zero-order chi connectivity index (χ0) is 23.7. The van der Waals surface area contributed by atoms with Crippen molar-refractivity contribution in [2.75, 3.05) is 37.7 Å². The fourth-order valence-electron chi connectivity index (χ4n) is 4.94. The average Bonchev–Trinajstić information content (AvgIpc) is 3.09. The lowest BCUT2D eigenvalue weighted by atomic mass is 9.85. The minimum absolute atomic E-state index is 0.00652. The number of amides is 3. The number of unbranched alkanes of at least 4 members (excludes halogenated alkanes) is 4. The number of carbonyl (C=O) groups is 3. The van der Waals surface area contributed by atoms with Crippen molar-refractivity contribution >= 4 is 23.4 Å². The molecule has 2 aliphatic heterocycles. The number of piperidine rings is 1. The molecule has 33 heavy (non-hydrogen) atoms. The Morgan fingerprint density at radius 1 is 0.970 bits per heavy atom. The van der Waals surface area contributed by atoms with Gasteiger partial charge in [-0.25, -0.2) is 0 Å². The number of likely N-dealkylation sites (tertiary alicyclic amines) is 1. The Bertz CT molecular complexity index is 790. The highest BCUT2D eigenvalue weighted by Crippen LogP contribution is 2.39. The number of para-hydroxylation sites is 1. The largest absolute Gasteiger partial charge is 0.355 e. The van der Waals surface area contributed by atoms with Gasteiger partial charge < -0.3 is 20.0 Å². The topological polar surface area (TPSA) is 73.0 Å². The highest BCUT2D eigenvalue weighted by atomic mass is 16.2. The molecule has 1 spiro atoms. The fraction of sp³-hybridized carbons (Fsp3) is 0.654. The summed E-state index contributed by atoms with van der Waals surface area (Å²) < 4.78 is 0. The highest BCUT2D eigenvalue weighted by molar-refractivity contribution is 5.96. The van der Waals surface area contributed by atoms with E-state index in [4.69, 9.17) is 0 Å². The molecule has 7 nitrogen and oxygen atoms in total. The van der Waals surface area contributed by atoms with Gasteiger partial charge in [-0.2, -0.15) is 0 Å². The molecular weight excluding hydrogens is 416 g/mol.